The van der Waals surface area contributed by atoms with Crippen molar-refractivity contribution in [3.63, 3.8) is 0 Å². The van der Waals surface area contributed by atoms with Crippen LogP contribution in [-0.4, -0.2) is 21.0 Å². The number of imidazole rings is 1. The maximum atomic E-state index is 11.1. The van der Waals surface area contributed by atoms with E-state index < -0.39 is 5.97 Å². The maximum Gasteiger partial charge on any atom is 0.356 e. The fourth-order valence-electron chi connectivity index (χ4n) is 1.43. The van der Waals surface area contributed by atoms with Gasteiger partial charge in [0.15, 0.2) is 5.69 Å². The summed E-state index contributed by atoms with van der Waals surface area (Å²) in [6.07, 6.45) is 0. The van der Waals surface area contributed by atoms with Crippen molar-refractivity contribution in [1.29, 1.82) is 0 Å². The van der Waals surface area contributed by atoms with E-state index in [0.717, 1.165) is 5.82 Å². The Labute approximate surface area is 96.1 Å². The van der Waals surface area contributed by atoms with E-state index in [4.69, 9.17) is 5.11 Å². The number of aromatic nitrogens is 2. The molecule has 2 N–H and O–H groups in total. The van der Waals surface area contributed by atoms with Crippen LogP contribution in [0.2, 0.25) is 0 Å². The molecule has 0 aliphatic heterocycles. The number of hydrogen-bond acceptors (Lipinski definition) is 2. The van der Waals surface area contributed by atoms with Crippen LogP contribution in [0.15, 0.2) is 0 Å². The van der Waals surface area contributed by atoms with E-state index in [0.29, 0.717) is 5.69 Å². The molecule has 4 heteroatoms. The van der Waals surface area contributed by atoms with E-state index in [2.05, 4.69) is 9.97 Å². The van der Waals surface area contributed by atoms with Crippen LogP contribution in [0.3, 0.4) is 0 Å². The highest BCUT2D eigenvalue weighted by molar-refractivity contribution is 5.87. The first-order valence-corrected chi connectivity index (χ1v) is 5.37. The predicted molar refractivity (Wildman–Crippen MR) is 62.9 cm³/mol. The van der Waals surface area contributed by atoms with E-state index in [9.17, 15) is 4.79 Å². The molecule has 0 aliphatic rings. The summed E-state index contributed by atoms with van der Waals surface area (Å²) >= 11 is 0. The maximum absolute atomic E-state index is 11.1. The fraction of sp³-hybridized carbons (Fsp3) is 0.667. The van der Waals surface area contributed by atoms with Gasteiger partial charge in [-0.05, 0) is 0 Å². The summed E-state index contributed by atoms with van der Waals surface area (Å²) in [5.41, 5.74) is 0.403. The molecule has 0 aliphatic carbocycles. The minimum absolute atomic E-state index is 0.137. The number of carboxylic acids is 1. The van der Waals surface area contributed by atoms with Crippen molar-refractivity contribution >= 4 is 5.97 Å². The van der Waals surface area contributed by atoms with Gasteiger partial charge in [-0.15, -0.1) is 0 Å². The zero-order chi connectivity index (χ0) is 12.7. The van der Waals surface area contributed by atoms with Gasteiger partial charge in [0, 0.05) is 10.8 Å². The number of H-pyrrole nitrogens is 1. The van der Waals surface area contributed by atoms with Gasteiger partial charge in [-0.3, -0.25) is 0 Å². The van der Waals surface area contributed by atoms with Crippen LogP contribution in [0.25, 0.3) is 0 Å². The van der Waals surface area contributed by atoms with Gasteiger partial charge in [-0.1, -0.05) is 41.5 Å². The second kappa shape index (κ2) is 3.61. The number of nitrogens with zero attached hydrogens (tertiary/aromatic N) is 1. The van der Waals surface area contributed by atoms with Crippen LogP contribution >= 0.6 is 0 Å². The van der Waals surface area contributed by atoms with Crippen LogP contribution in [0, 0.1) is 0 Å². The molecule has 0 aromatic carbocycles. The number of carbonyl (C=O) groups is 1. The highest BCUT2D eigenvalue weighted by Crippen LogP contribution is 2.28. The third-order valence-electron chi connectivity index (χ3n) is 2.37. The minimum atomic E-state index is -0.975. The molecule has 0 atom stereocenters. The van der Waals surface area contributed by atoms with Crippen molar-refractivity contribution < 1.29 is 9.90 Å². The largest absolute Gasteiger partial charge is 0.476 e. The number of aromatic carboxylic acids is 1. The molecule has 0 fully saturated rings. The molecular weight excluding hydrogens is 204 g/mol. The summed E-state index contributed by atoms with van der Waals surface area (Å²) in [4.78, 5) is 18.5. The van der Waals surface area contributed by atoms with Gasteiger partial charge in [0.25, 0.3) is 0 Å². The lowest BCUT2D eigenvalue weighted by Crippen LogP contribution is -2.17. The average Bonchev–Trinajstić information content (AvgIpc) is 2.44. The Kier molecular flexibility index (Phi) is 2.88. The Morgan fingerprint density at radius 3 is 1.88 bits per heavy atom. The topological polar surface area (TPSA) is 66.0 Å². The molecule has 0 bridgehead atoms. The van der Waals surface area contributed by atoms with Gasteiger partial charge in [0.1, 0.15) is 5.82 Å². The number of hydrogen-bond donors (Lipinski definition) is 2. The van der Waals surface area contributed by atoms with Crippen LogP contribution < -0.4 is 0 Å². The van der Waals surface area contributed by atoms with Crippen molar-refractivity contribution in [3.8, 4) is 0 Å². The second-order valence-electron chi connectivity index (χ2n) is 6.11. The first kappa shape index (κ1) is 12.7. The zero-order valence-electron chi connectivity index (χ0n) is 10.8. The molecule has 1 heterocycles. The molecule has 0 saturated carbocycles. The van der Waals surface area contributed by atoms with Crippen LogP contribution in [0.1, 0.15) is 63.5 Å². The SMILES string of the molecule is CC(C)(C)c1nc(C(=O)O)c(C(C)(C)C)[nH]1. The van der Waals surface area contributed by atoms with E-state index in [1.54, 1.807) is 0 Å². The lowest BCUT2D eigenvalue weighted by atomic mass is 9.90. The minimum Gasteiger partial charge on any atom is -0.476 e. The molecule has 0 saturated heterocycles. The van der Waals surface area contributed by atoms with E-state index in [-0.39, 0.29) is 16.5 Å². The van der Waals surface area contributed by atoms with Gasteiger partial charge in [-0.25, -0.2) is 9.78 Å². The molecule has 1 aromatic rings. The average molecular weight is 224 g/mol. The first-order chi connectivity index (χ1) is 7.03. The molecule has 0 amide bonds. The van der Waals surface area contributed by atoms with Gasteiger partial charge >= 0.3 is 5.97 Å². The number of aromatic amines is 1. The van der Waals surface area contributed by atoms with Gasteiger partial charge < -0.3 is 10.1 Å². The molecule has 90 valence electrons. The fourth-order valence-corrected chi connectivity index (χ4v) is 1.43. The number of nitrogens with one attached hydrogen (secondary N) is 1. The van der Waals surface area contributed by atoms with E-state index >= 15 is 0 Å². The number of carboxylic acid groups (broad SMARTS) is 1. The quantitative estimate of drug-likeness (QED) is 0.770. The van der Waals surface area contributed by atoms with Gasteiger partial charge in [0.2, 0.25) is 0 Å². The Bertz CT molecular complexity index is 406. The molecule has 1 rings (SSSR count). The van der Waals surface area contributed by atoms with E-state index in [1.165, 1.54) is 0 Å². The van der Waals surface area contributed by atoms with Crippen LogP contribution in [0.4, 0.5) is 0 Å². The summed E-state index contributed by atoms with van der Waals surface area (Å²) in [7, 11) is 0. The molecule has 0 spiro atoms. The summed E-state index contributed by atoms with van der Waals surface area (Å²) in [6.45, 7) is 11.9. The van der Waals surface area contributed by atoms with Gasteiger partial charge in [0.05, 0.1) is 5.69 Å². The summed E-state index contributed by atoms with van der Waals surface area (Å²) in [5, 5.41) is 9.13. The standard InChI is InChI=1S/C12H20N2O2/c1-11(2,3)8-7(9(15)16)13-10(14-8)12(4,5)6/h1-6H3,(H,13,14)(H,15,16). The van der Waals surface area contributed by atoms with Crippen molar-refractivity contribution in [1.82, 2.24) is 9.97 Å². The smallest absolute Gasteiger partial charge is 0.356 e. The molecule has 1 aromatic heterocycles. The molecule has 0 radical (unpaired) electrons. The molecule has 4 nitrogen and oxygen atoms in total. The highest BCUT2D eigenvalue weighted by Gasteiger charge is 2.29. The Hall–Kier alpha value is -1.32. The van der Waals surface area contributed by atoms with Crippen molar-refractivity contribution in [2.45, 2.75) is 52.4 Å². The molecule has 0 unspecified atom stereocenters. The molecule has 16 heavy (non-hydrogen) atoms. The third-order valence-corrected chi connectivity index (χ3v) is 2.37. The number of rotatable bonds is 1. The van der Waals surface area contributed by atoms with E-state index in [1.807, 2.05) is 41.5 Å². The monoisotopic (exact) mass is 224 g/mol. The van der Waals surface area contributed by atoms with Gasteiger partial charge in [-0.2, -0.15) is 0 Å². The summed E-state index contributed by atoms with van der Waals surface area (Å²) < 4.78 is 0. The first-order valence-electron chi connectivity index (χ1n) is 5.37. The highest BCUT2D eigenvalue weighted by atomic mass is 16.4. The second-order valence-corrected chi connectivity index (χ2v) is 6.11. The summed E-state index contributed by atoms with van der Waals surface area (Å²) in [5.74, 6) is -0.258. The lowest BCUT2D eigenvalue weighted by molar-refractivity contribution is 0.0688. The van der Waals surface area contributed by atoms with Crippen molar-refractivity contribution in [2.75, 3.05) is 0 Å². The normalized spacial score (nSPS) is 12.9. The predicted octanol–water partition coefficient (Wildman–Crippen LogP) is 2.70. The van der Waals surface area contributed by atoms with Crippen LogP contribution in [-0.2, 0) is 10.8 Å². The zero-order valence-corrected chi connectivity index (χ0v) is 10.8. The van der Waals surface area contributed by atoms with Crippen molar-refractivity contribution in [2.24, 2.45) is 0 Å². The third kappa shape index (κ3) is 2.43. The van der Waals surface area contributed by atoms with Crippen molar-refractivity contribution in [3.05, 3.63) is 17.2 Å². The Morgan fingerprint density at radius 2 is 1.62 bits per heavy atom. The Morgan fingerprint density at radius 1 is 1.12 bits per heavy atom. The van der Waals surface area contributed by atoms with Crippen LogP contribution in [0.5, 0.6) is 0 Å². The Balaban J connectivity index is 3.38. The summed E-state index contributed by atoms with van der Waals surface area (Å²) in [6, 6.07) is 0. The molecular formula is C12H20N2O2. The lowest BCUT2D eigenvalue weighted by Gasteiger charge is -2.18.